The van der Waals surface area contributed by atoms with Crippen molar-refractivity contribution in [2.75, 3.05) is 19.7 Å². The third-order valence-corrected chi connectivity index (χ3v) is 1.65. The van der Waals surface area contributed by atoms with Gasteiger partial charge in [-0.05, 0) is 38.8 Å². The van der Waals surface area contributed by atoms with Crippen LogP contribution in [0.5, 0.6) is 0 Å². The molecule has 0 aliphatic rings. The Bertz CT molecular complexity index is 120. The summed E-state index contributed by atoms with van der Waals surface area (Å²) in [5, 5.41) is 20.0. The van der Waals surface area contributed by atoms with Crippen molar-refractivity contribution in [2.24, 2.45) is 0 Å². The van der Waals surface area contributed by atoms with E-state index in [1.807, 2.05) is 0 Å². The van der Waals surface area contributed by atoms with Gasteiger partial charge >= 0.3 is 0 Å². The van der Waals surface area contributed by atoms with E-state index in [-0.39, 0.29) is 0 Å². The second-order valence-electron chi connectivity index (χ2n) is 2.80. The highest BCUT2D eigenvalue weighted by molar-refractivity contribution is 4.68. The predicted molar refractivity (Wildman–Crippen MR) is 48.7 cm³/mol. The highest BCUT2D eigenvalue weighted by Gasteiger charge is 1.88. The quantitative estimate of drug-likeness (QED) is 0.535. The van der Waals surface area contributed by atoms with Crippen molar-refractivity contribution in [3.8, 4) is 6.07 Å². The van der Waals surface area contributed by atoms with E-state index in [4.69, 9.17) is 10.4 Å². The van der Waals surface area contributed by atoms with E-state index in [2.05, 4.69) is 11.4 Å². The number of unbranched alkanes of at least 4 members (excludes halogenated alkanes) is 3. The van der Waals surface area contributed by atoms with Gasteiger partial charge in [-0.15, -0.1) is 0 Å². The molecule has 0 fully saturated rings. The zero-order chi connectivity index (χ0) is 9.07. The first kappa shape index (κ1) is 11.4. The smallest absolute Gasteiger partial charge is 0.0622 e. The molecule has 70 valence electrons. The molecule has 0 aliphatic carbocycles. The minimum Gasteiger partial charge on any atom is -0.396 e. The Balaban J connectivity index is 2.78. The van der Waals surface area contributed by atoms with Gasteiger partial charge in [-0.2, -0.15) is 5.26 Å². The molecule has 0 aromatic rings. The van der Waals surface area contributed by atoms with E-state index in [0.717, 1.165) is 38.8 Å². The normalized spacial score (nSPS) is 9.67. The van der Waals surface area contributed by atoms with Crippen LogP contribution in [0.4, 0.5) is 0 Å². The van der Waals surface area contributed by atoms with E-state index in [1.165, 1.54) is 0 Å². The molecular weight excluding hydrogens is 152 g/mol. The number of hydrogen-bond acceptors (Lipinski definition) is 3. The van der Waals surface area contributed by atoms with Crippen LogP contribution in [0, 0.1) is 11.3 Å². The number of aliphatic hydroxyl groups excluding tert-OH is 1. The predicted octanol–water partition coefficient (Wildman–Crippen LogP) is 1.04. The fourth-order valence-corrected chi connectivity index (χ4v) is 0.956. The number of nitriles is 1. The molecule has 3 nitrogen and oxygen atoms in total. The minimum atomic E-state index is 0.300. The van der Waals surface area contributed by atoms with Crippen LogP contribution in [0.15, 0.2) is 0 Å². The topological polar surface area (TPSA) is 56.0 Å². The van der Waals surface area contributed by atoms with Gasteiger partial charge in [-0.25, -0.2) is 0 Å². The highest BCUT2D eigenvalue weighted by Crippen LogP contribution is 1.92. The van der Waals surface area contributed by atoms with Crippen molar-refractivity contribution in [1.82, 2.24) is 5.32 Å². The van der Waals surface area contributed by atoms with E-state index in [1.54, 1.807) is 0 Å². The van der Waals surface area contributed by atoms with Gasteiger partial charge in [-0.1, -0.05) is 0 Å². The lowest BCUT2D eigenvalue weighted by Crippen LogP contribution is -2.16. The van der Waals surface area contributed by atoms with E-state index < -0.39 is 0 Å². The molecule has 3 heteroatoms. The number of rotatable bonds is 8. The lowest BCUT2D eigenvalue weighted by Gasteiger charge is -2.01. The molecule has 0 radical (unpaired) electrons. The third-order valence-electron chi connectivity index (χ3n) is 1.65. The Morgan fingerprint density at radius 3 is 2.50 bits per heavy atom. The maximum absolute atomic E-state index is 8.48. The Morgan fingerprint density at radius 2 is 1.83 bits per heavy atom. The Labute approximate surface area is 74.4 Å². The molecule has 0 aromatic heterocycles. The monoisotopic (exact) mass is 170 g/mol. The van der Waals surface area contributed by atoms with Crippen molar-refractivity contribution >= 4 is 0 Å². The fraction of sp³-hybridized carbons (Fsp3) is 0.889. The Hall–Kier alpha value is -0.590. The number of aliphatic hydroxyl groups is 1. The molecule has 0 bridgehead atoms. The summed E-state index contributed by atoms with van der Waals surface area (Å²) in [7, 11) is 0. The van der Waals surface area contributed by atoms with Crippen LogP contribution in [0.2, 0.25) is 0 Å². The molecule has 0 amide bonds. The van der Waals surface area contributed by atoms with Crippen molar-refractivity contribution < 1.29 is 5.11 Å². The minimum absolute atomic E-state index is 0.300. The molecule has 0 atom stereocenters. The lowest BCUT2D eigenvalue weighted by atomic mass is 10.2. The van der Waals surface area contributed by atoms with Gasteiger partial charge in [0.15, 0.2) is 0 Å². The summed E-state index contributed by atoms with van der Waals surface area (Å²) in [6.45, 7) is 2.24. The van der Waals surface area contributed by atoms with Crippen LogP contribution < -0.4 is 5.32 Å². The Kier molecular flexibility index (Phi) is 9.90. The molecule has 0 heterocycles. The molecule has 0 spiro atoms. The number of nitrogens with zero attached hydrogens (tertiary/aromatic N) is 1. The average molecular weight is 170 g/mol. The van der Waals surface area contributed by atoms with Crippen molar-refractivity contribution in [1.29, 1.82) is 5.26 Å². The lowest BCUT2D eigenvalue weighted by molar-refractivity contribution is 0.283. The molecule has 0 rings (SSSR count). The maximum atomic E-state index is 8.48. The first-order valence-corrected chi connectivity index (χ1v) is 4.60. The van der Waals surface area contributed by atoms with Crippen LogP contribution >= 0.6 is 0 Å². The summed E-state index contributed by atoms with van der Waals surface area (Å²) >= 11 is 0. The van der Waals surface area contributed by atoms with E-state index in [9.17, 15) is 0 Å². The van der Waals surface area contributed by atoms with Crippen LogP contribution in [-0.2, 0) is 0 Å². The number of hydrogen-bond donors (Lipinski definition) is 2. The summed E-state index contributed by atoms with van der Waals surface area (Å²) in [4.78, 5) is 0. The maximum Gasteiger partial charge on any atom is 0.0622 e. The van der Waals surface area contributed by atoms with Crippen LogP contribution in [0.1, 0.15) is 32.1 Å². The van der Waals surface area contributed by atoms with Gasteiger partial charge in [0.05, 0.1) is 6.07 Å². The zero-order valence-electron chi connectivity index (χ0n) is 7.55. The van der Waals surface area contributed by atoms with Crippen molar-refractivity contribution in [3.05, 3.63) is 0 Å². The highest BCUT2D eigenvalue weighted by atomic mass is 16.2. The standard InChI is InChI=1S/C9H18N2O/c10-6-2-4-8-11-7-3-1-5-9-12/h11-12H,1-5,7-9H2. The van der Waals surface area contributed by atoms with Gasteiger partial charge in [-0.3, -0.25) is 0 Å². The van der Waals surface area contributed by atoms with Crippen molar-refractivity contribution in [2.45, 2.75) is 32.1 Å². The Morgan fingerprint density at radius 1 is 1.08 bits per heavy atom. The van der Waals surface area contributed by atoms with Crippen LogP contribution in [0.25, 0.3) is 0 Å². The molecule has 0 saturated carbocycles. The number of nitrogens with one attached hydrogen (secondary N) is 1. The third kappa shape index (κ3) is 9.41. The molecule has 0 aliphatic heterocycles. The molecule has 0 unspecified atom stereocenters. The summed E-state index contributed by atoms with van der Waals surface area (Å²) < 4.78 is 0. The SMILES string of the molecule is N#CCCCNCCCCCO. The fourth-order valence-electron chi connectivity index (χ4n) is 0.956. The summed E-state index contributed by atoms with van der Waals surface area (Å²) in [6, 6.07) is 2.11. The second kappa shape index (κ2) is 10.4. The molecular formula is C9H18N2O. The first-order chi connectivity index (χ1) is 5.91. The zero-order valence-corrected chi connectivity index (χ0v) is 7.55. The van der Waals surface area contributed by atoms with Crippen LogP contribution in [0.3, 0.4) is 0 Å². The van der Waals surface area contributed by atoms with Gasteiger partial charge in [0.25, 0.3) is 0 Å². The first-order valence-electron chi connectivity index (χ1n) is 4.60. The second-order valence-corrected chi connectivity index (χ2v) is 2.80. The molecule has 0 aromatic carbocycles. The van der Waals surface area contributed by atoms with Crippen molar-refractivity contribution in [3.63, 3.8) is 0 Å². The largest absolute Gasteiger partial charge is 0.396 e. The van der Waals surface area contributed by atoms with Gasteiger partial charge in [0, 0.05) is 13.0 Å². The van der Waals surface area contributed by atoms with Crippen LogP contribution in [-0.4, -0.2) is 24.8 Å². The molecule has 0 saturated heterocycles. The van der Waals surface area contributed by atoms with E-state index >= 15 is 0 Å². The van der Waals surface area contributed by atoms with Gasteiger partial charge < -0.3 is 10.4 Å². The average Bonchev–Trinajstić information content (AvgIpc) is 2.10. The molecule has 12 heavy (non-hydrogen) atoms. The summed E-state index contributed by atoms with van der Waals surface area (Å²) in [5.41, 5.74) is 0. The van der Waals surface area contributed by atoms with E-state index in [0.29, 0.717) is 13.0 Å². The van der Waals surface area contributed by atoms with Gasteiger partial charge in [0.1, 0.15) is 0 Å². The van der Waals surface area contributed by atoms with Gasteiger partial charge in [0.2, 0.25) is 0 Å². The summed E-state index contributed by atoms with van der Waals surface area (Å²) in [6.07, 6.45) is 4.69. The molecule has 2 N–H and O–H groups in total. The summed E-state index contributed by atoms with van der Waals surface area (Å²) in [5.74, 6) is 0.